The van der Waals surface area contributed by atoms with Gasteiger partial charge in [-0.15, -0.1) is 0 Å². The van der Waals surface area contributed by atoms with Crippen molar-refractivity contribution in [1.29, 1.82) is 0 Å². The summed E-state index contributed by atoms with van der Waals surface area (Å²) >= 11 is 1.34. The highest BCUT2D eigenvalue weighted by atomic mass is 32.1. The Hall–Kier alpha value is -2.38. The first kappa shape index (κ1) is 17.4. The molecule has 3 aromatic rings. The highest BCUT2D eigenvalue weighted by Crippen LogP contribution is 2.19. The molecule has 1 heterocycles. The Morgan fingerprint density at radius 1 is 1.24 bits per heavy atom. The van der Waals surface area contributed by atoms with E-state index in [1.54, 1.807) is 7.11 Å². The van der Waals surface area contributed by atoms with Crippen LogP contribution in [0.5, 0.6) is 0 Å². The molecule has 1 aromatic heterocycles. The molecule has 4 nitrogen and oxygen atoms in total. The van der Waals surface area contributed by atoms with Crippen molar-refractivity contribution in [2.75, 3.05) is 13.7 Å². The molecule has 0 aliphatic rings. The lowest BCUT2D eigenvalue weighted by molar-refractivity contribution is 0.0993. The van der Waals surface area contributed by atoms with Crippen LogP contribution >= 0.6 is 11.3 Å². The Morgan fingerprint density at radius 3 is 2.76 bits per heavy atom. The first-order chi connectivity index (χ1) is 12.0. The van der Waals surface area contributed by atoms with Gasteiger partial charge in [-0.25, -0.2) is 8.78 Å². The molecule has 0 radical (unpaired) electrons. The first-order valence-electron chi connectivity index (χ1n) is 7.62. The molecule has 0 bridgehead atoms. The number of aryl methyl sites for hydroxylation is 1. The maximum absolute atomic E-state index is 13.8. The summed E-state index contributed by atoms with van der Waals surface area (Å²) < 4.78 is 34.8. The molecule has 0 aliphatic heterocycles. The lowest BCUT2D eigenvalue weighted by atomic mass is 10.2. The molecule has 0 atom stereocenters. The van der Waals surface area contributed by atoms with Gasteiger partial charge < -0.3 is 9.30 Å². The van der Waals surface area contributed by atoms with E-state index in [4.69, 9.17) is 4.74 Å². The lowest BCUT2D eigenvalue weighted by Gasteiger charge is -2.04. The summed E-state index contributed by atoms with van der Waals surface area (Å²) in [5, 5.41) is 0. The number of fused-ring (bicyclic) bond motifs is 1. The van der Waals surface area contributed by atoms with Crippen LogP contribution in [-0.2, 0) is 11.3 Å². The van der Waals surface area contributed by atoms with Gasteiger partial charge in [0, 0.05) is 19.7 Å². The first-order valence-corrected chi connectivity index (χ1v) is 8.44. The van der Waals surface area contributed by atoms with Crippen LogP contribution in [-0.4, -0.2) is 24.2 Å². The van der Waals surface area contributed by atoms with Gasteiger partial charge in [0.15, 0.2) is 4.80 Å². The van der Waals surface area contributed by atoms with E-state index in [2.05, 4.69) is 4.99 Å². The van der Waals surface area contributed by atoms with E-state index in [9.17, 15) is 13.6 Å². The topological polar surface area (TPSA) is 43.6 Å². The Morgan fingerprint density at radius 2 is 2.04 bits per heavy atom. The molecule has 0 N–H and O–H groups in total. The van der Waals surface area contributed by atoms with Crippen LogP contribution in [0.2, 0.25) is 0 Å². The number of carbonyl (C=O) groups excluding carboxylic acids is 1. The monoisotopic (exact) mass is 362 g/mol. The zero-order valence-corrected chi connectivity index (χ0v) is 14.6. The second kappa shape index (κ2) is 7.25. The fourth-order valence-electron chi connectivity index (χ4n) is 2.47. The summed E-state index contributed by atoms with van der Waals surface area (Å²) in [7, 11) is 1.59. The standard InChI is InChI=1S/C18H16F2N2O2S/c1-11-3-6-15-16(9-11)25-18(22(15)7-8-24-2)21-17(23)13-5-4-12(19)10-14(13)20/h3-6,9-10H,7-8H2,1-2H3. The number of ether oxygens (including phenoxy) is 1. The fraction of sp³-hybridized carbons (Fsp3) is 0.222. The number of thiazole rings is 1. The van der Waals surface area contributed by atoms with Crippen LogP contribution in [0.3, 0.4) is 0 Å². The number of rotatable bonds is 4. The maximum Gasteiger partial charge on any atom is 0.282 e. The molecule has 0 spiro atoms. The van der Waals surface area contributed by atoms with Crippen LogP contribution in [0.25, 0.3) is 10.2 Å². The van der Waals surface area contributed by atoms with Gasteiger partial charge in [0.05, 0.1) is 22.4 Å². The van der Waals surface area contributed by atoms with Crippen LogP contribution in [0.1, 0.15) is 15.9 Å². The van der Waals surface area contributed by atoms with E-state index in [0.29, 0.717) is 24.0 Å². The Labute approximate surface area is 147 Å². The molecular formula is C18H16F2N2O2S. The van der Waals surface area contributed by atoms with E-state index in [1.165, 1.54) is 11.3 Å². The number of halogens is 2. The van der Waals surface area contributed by atoms with Crippen LogP contribution in [0, 0.1) is 18.6 Å². The fourth-order valence-corrected chi connectivity index (χ4v) is 3.63. The zero-order chi connectivity index (χ0) is 18.0. The Balaban J connectivity index is 2.12. The quantitative estimate of drug-likeness (QED) is 0.711. The molecule has 0 saturated heterocycles. The van der Waals surface area contributed by atoms with Crippen molar-refractivity contribution in [2.45, 2.75) is 13.5 Å². The molecule has 0 saturated carbocycles. The van der Waals surface area contributed by atoms with Crippen molar-refractivity contribution >= 4 is 27.5 Å². The molecule has 25 heavy (non-hydrogen) atoms. The van der Waals surface area contributed by atoms with Crippen molar-refractivity contribution < 1.29 is 18.3 Å². The number of amides is 1. The summed E-state index contributed by atoms with van der Waals surface area (Å²) in [4.78, 5) is 16.9. The molecule has 0 fully saturated rings. The minimum Gasteiger partial charge on any atom is -0.383 e. The predicted molar refractivity (Wildman–Crippen MR) is 92.7 cm³/mol. The second-order valence-electron chi connectivity index (χ2n) is 5.54. The van der Waals surface area contributed by atoms with Gasteiger partial charge in [0.25, 0.3) is 5.91 Å². The van der Waals surface area contributed by atoms with Gasteiger partial charge in [-0.3, -0.25) is 4.79 Å². The minimum atomic E-state index is -0.922. The number of nitrogens with zero attached hydrogens (tertiary/aromatic N) is 2. The molecular weight excluding hydrogens is 346 g/mol. The van der Waals surface area contributed by atoms with Crippen LogP contribution in [0.4, 0.5) is 8.78 Å². The third-order valence-corrected chi connectivity index (χ3v) is 4.76. The molecule has 1 amide bonds. The smallest absolute Gasteiger partial charge is 0.282 e. The Bertz CT molecular complexity index is 1010. The number of benzene rings is 2. The number of aromatic nitrogens is 1. The summed E-state index contributed by atoms with van der Waals surface area (Å²) in [5.74, 6) is -2.40. The normalized spacial score (nSPS) is 12.1. The number of carbonyl (C=O) groups is 1. The van der Waals surface area contributed by atoms with Crippen molar-refractivity contribution in [3.8, 4) is 0 Å². The molecule has 0 unspecified atom stereocenters. The van der Waals surface area contributed by atoms with Crippen molar-refractivity contribution in [1.82, 2.24) is 4.57 Å². The van der Waals surface area contributed by atoms with Crippen LogP contribution < -0.4 is 4.80 Å². The number of hydrogen-bond acceptors (Lipinski definition) is 3. The molecule has 130 valence electrons. The highest BCUT2D eigenvalue weighted by Gasteiger charge is 2.13. The van der Waals surface area contributed by atoms with Gasteiger partial charge >= 0.3 is 0 Å². The predicted octanol–water partition coefficient (Wildman–Crippen LogP) is 3.68. The van der Waals surface area contributed by atoms with Gasteiger partial charge in [-0.05, 0) is 36.8 Å². The average molecular weight is 362 g/mol. The van der Waals surface area contributed by atoms with Gasteiger partial charge in [-0.1, -0.05) is 17.4 Å². The third kappa shape index (κ3) is 3.67. The van der Waals surface area contributed by atoms with Gasteiger partial charge in [-0.2, -0.15) is 4.99 Å². The average Bonchev–Trinajstić information content (AvgIpc) is 2.88. The van der Waals surface area contributed by atoms with Gasteiger partial charge in [0.2, 0.25) is 0 Å². The summed E-state index contributed by atoms with van der Waals surface area (Å²) in [6, 6.07) is 8.76. The van der Waals surface area contributed by atoms with E-state index >= 15 is 0 Å². The number of hydrogen-bond donors (Lipinski definition) is 0. The Kier molecular flexibility index (Phi) is 5.06. The summed E-state index contributed by atoms with van der Waals surface area (Å²) in [6.07, 6.45) is 0. The molecule has 3 rings (SSSR count). The summed E-state index contributed by atoms with van der Waals surface area (Å²) in [6.45, 7) is 2.94. The molecule has 0 aliphatic carbocycles. The minimum absolute atomic E-state index is 0.256. The van der Waals surface area contributed by atoms with Crippen LogP contribution in [0.15, 0.2) is 41.4 Å². The van der Waals surface area contributed by atoms with E-state index in [1.807, 2.05) is 29.7 Å². The van der Waals surface area contributed by atoms with E-state index in [-0.39, 0.29) is 5.56 Å². The lowest BCUT2D eigenvalue weighted by Crippen LogP contribution is -2.19. The van der Waals surface area contributed by atoms with Crippen molar-refractivity contribution in [2.24, 2.45) is 4.99 Å². The second-order valence-corrected chi connectivity index (χ2v) is 6.55. The maximum atomic E-state index is 13.8. The molecule has 7 heteroatoms. The zero-order valence-electron chi connectivity index (χ0n) is 13.8. The van der Waals surface area contributed by atoms with Crippen molar-refractivity contribution in [3.05, 3.63) is 64.0 Å². The van der Waals surface area contributed by atoms with Gasteiger partial charge in [0.1, 0.15) is 11.6 Å². The SMILES string of the molecule is COCCn1c(=NC(=O)c2ccc(F)cc2F)sc2cc(C)ccc21. The van der Waals surface area contributed by atoms with E-state index < -0.39 is 17.5 Å². The largest absolute Gasteiger partial charge is 0.383 e. The number of methoxy groups -OCH3 is 1. The van der Waals surface area contributed by atoms with Crippen molar-refractivity contribution in [3.63, 3.8) is 0 Å². The highest BCUT2D eigenvalue weighted by molar-refractivity contribution is 7.16. The third-order valence-electron chi connectivity index (χ3n) is 3.72. The molecule has 2 aromatic carbocycles. The summed E-state index contributed by atoms with van der Waals surface area (Å²) in [5.41, 5.74) is 1.77. The van der Waals surface area contributed by atoms with E-state index in [0.717, 1.165) is 27.9 Å².